The Kier molecular flexibility index (Phi) is 3.93. The van der Waals surface area contributed by atoms with E-state index in [2.05, 4.69) is 4.98 Å². The van der Waals surface area contributed by atoms with Gasteiger partial charge in [-0.3, -0.25) is 4.79 Å². The summed E-state index contributed by atoms with van der Waals surface area (Å²) in [7, 11) is 0. The van der Waals surface area contributed by atoms with Gasteiger partial charge in [0.1, 0.15) is 0 Å². The molecule has 5 heteroatoms. The van der Waals surface area contributed by atoms with Gasteiger partial charge in [0.2, 0.25) is 5.91 Å². The number of carbonyl (C=O) groups excluding carboxylic acids is 1. The highest BCUT2D eigenvalue weighted by Crippen LogP contribution is 2.03. The standard InChI is InChI=1S/C11H17N3O2/c15-11(14-6-8-16-9-7-14)2-1-4-13-5-3-12-10-13/h3,5,10H,1-2,4,6-9H2. The first-order valence-electron chi connectivity index (χ1n) is 5.67. The number of ether oxygens (including phenoxy) is 1. The van der Waals surface area contributed by atoms with Crippen molar-refractivity contribution in [1.82, 2.24) is 14.5 Å². The molecule has 88 valence electrons. The first-order valence-corrected chi connectivity index (χ1v) is 5.67. The van der Waals surface area contributed by atoms with Crippen molar-refractivity contribution in [1.29, 1.82) is 0 Å². The minimum atomic E-state index is 0.239. The van der Waals surface area contributed by atoms with Crippen LogP contribution >= 0.6 is 0 Å². The first-order chi connectivity index (χ1) is 7.86. The smallest absolute Gasteiger partial charge is 0.222 e. The Hall–Kier alpha value is -1.36. The summed E-state index contributed by atoms with van der Waals surface area (Å²) < 4.78 is 7.20. The summed E-state index contributed by atoms with van der Waals surface area (Å²) in [6, 6.07) is 0. The van der Waals surface area contributed by atoms with E-state index in [1.54, 1.807) is 12.5 Å². The number of carbonyl (C=O) groups is 1. The predicted octanol–water partition coefficient (Wildman–Crippen LogP) is 0.522. The molecule has 1 saturated heterocycles. The summed E-state index contributed by atoms with van der Waals surface area (Å²) in [5.74, 6) is 0.239. The molecule has 1 fully saturated rings. The number of morpholine rings is 1. The average molecular weight is 223 g/mol. The molecule has 0 aliphatic carbocycles. The number of nitrogens with zero attached hydrogens (tertiary/aromatic N) is 3. The minimum absolute atomic E-state index is 0.239. The van der Waals surface area contributed by atoms with E-state index in [4.69, 9.17) is 4.74 Å². The van der Waals surface area contributed by atoms with Gasteiger partial charge in [-0.2, -0.15) is 0 Å². The summed E-state index contributed by atoms with van der Waals surface area (Å²) in [6.07, 6.45) is 6.92. The van der Waals surface area contributed by atoms with Gasteiger partial charge in [0.25, 0.3) is 0 Å². The molecule has 0 atom stereocenters. The summed E-state index contributed by atoms with van der Waals surface area (Å²) in [5.41, 5.74) is 0. The van der Waals surface area contributed by atoms with Crippen molar-refractivity contribution < 1.29 is 9.53 Å². The highest BCUT2D eigenvalue weighted by atomic mass is 16.5. The van der Waals surface area contributed by atoms with Crippen LogP contribution < -0.4 is 0 Å². The van der Waals surface area contributed by atoms with Crippen LogP contribution in [0.4, 0.5) is 0 Å². The maximum absolute atomic E-state index is 11.8. The molecule has 0 N–H and O–H groups in total. The Labute approximate surface area is 95.0 Å². The molecular weight excluding hydrogens is 206 g/mol. The van der Waals surface area contributed by atoms with E-state index in [9.17, 15) is 4.79 Å². The Morgan fingerprint density at radius 1 is 1.38 bits per heavy atom. The van der Waals surface area contributed by atoms with Gasteiger partial charge >= 0.3 is 0 Å². The molecule has 5 nitrogen and oxygen atoms in total. The number of aryl methyl sites for hydroxylation is 1. The van der Waals surface area contributed by atoms with Crippen LogP contribution in [0.3, 0.4) is 0 Å². The van der Waals surface area contributed by atoms with Gasteiger partial charge < -0.3 is 14.2 Å². The molecule has 1 amide bonds. The second kappa shape index (κ2) is 5.65. The van der Waals surface area contributed by atoms with E-state index >= 15 is 0 Å². The van der Waals surface area contributed by atoms with E-state index < -0.39 is 0 Å². The van der Waals surface area contributed by atoms with Crippen molar-refractivity contribution in [2.24, 2.45) is 0 Å². The van der Waals surface area contributed by atoms with Crippen LogP contribution in [0.25, 0.3) is 0 Å². The summed E-state index contributed by atoms with van der Waals surface area (Å²) in [4.78, 5) is 17.6. The van der Waals surface area contributed by atoms with Crippen LogP contribution in [0.1, 0.15) is 12.8 Å². The number of hydrogen-bond donors (Lipinski definition) is 0. The summed E-state index contributed by atoms with van der Waals surface area (Å²) >= 11 is 0. The van der Waals surface area contributed by atoms with Crippen LogP contribution in [0, 0.1) is 0 Å². The fourth-order valence-electron chi connectivity index (χ4n) is 1.80. The Balaban J connectivity index is 1.67. The Morgan fingerprint density at radius 2 is 2.19 bits per heavy atom. The number of rotatable bonds is 4. The van der Waals surface area contributed by atoms with Crippen molar-refractivity contribution in [3.05, 3.63) is 18.7 Å². The van der Waals surface area contributed by atoms with Crippen molar-refractivity contribution in [3.8, 4) is 0 Å². The lowest BCUT2D eigenvalue weighted by Crippen LogP contribution is -2.40. The zero-order valence-electron chi connectivity index (χ0n) is 9.34. The van der Waals surface area contributed by atoms with Gasteiger partial charge in [0.05, 0.1) is 19.5 Å². The largest absolute Gasteiger partial charge is 0.378 e. The Bertz CT molecular complexity index is 318. The quantitative estimate of drug-likeness (QED) is 0.747. The molecule has 0 aromatic carbocycles. The van der Waals surface area contributed by atoms with E-state index in [0.717, 1.165) is 26.1 Å². The third kappa shape index (κ3) is 3.06. The number of aromatic nitrogens is 2. The minimum Gasteiger partial charge on any atom is -0.378 e. The van der Waals surface area contributed by atoms with Gasteiger partial charge in [-0.25, -0.2) is 4.98 Å². The topological polar surface area (TPSA) is 47.4 Å². The fraction of sp³-hybridized carbons (Fsp3) is 0.636. The zero-order chi connectivity index (χ0) is 11.2. The summed E-state index contributed by atoms with van der Waals surface area (Å²) in [5, 5.41) is 0. The lowest BCUT2D eigenvalue weighted by atomic mass is 10.2. The second-order valence-corrected chi connectivity index (χ2v) is 3.90. The van der Waals surface area contributed by atoms with Crippen molar-refractivity contribution in [2.75, 3.05) is 26.3 Å². The molecule has 1 aromatic heterocycles. The third-order valence-corrected chi connectivity index (χ3v) is 2.73. The number of amides is 1. The van der Waals surface area contributed by atoms with E-state index in [1.165, 1.54) is 0 Å². The molecule has 2 rings (SSSR count). The van der Waals surface area contributed by atoms with Crippen molar-refractivity contribution in [2.45, 2.75) is 19.4 Å². The van der Waals surface area contributed by atoms with Crippen LogP contribution in [0.15, 0.2) is 18.7 Å². The first kappa shape index (κ1) is 11.1. The fourth-order valence-corrected chi connectivity index (χ4v) is 1.80. The second-order valence-electron chi connectivity index (χ2n) is 3.90. The highest BCUT2D eigenvalue weighted by Gasteiger charge is 2.15. The molecule has 2 heterocycles. The maximum Gasteiger partial charge on any atom is 0.222 e. The average Bonchev–Trinajstić information content (AvgIpc) is 2.83. The van der Waals surface area contributed by atoms with Gasteiger partial charge in [0, 0.05) is 38.4 Å². The van der Waals surface area contributed by atoms with Crippen LogP contribution in [-0.2, 0) is 16.1 Å². The van der Waals surface area contributed by atoms with Crippen molar-refractivity contribution in [3.63, 3.8) is 0 Å². The molecule has 1 aliphatic heterocycles. The monoisotopic (exact) mass is 223 g/mol. The highest BCUT2D eigenvalue weighted by molar-refractivity contribution is 5.76. The van der Waals surface area contributed by atoms with E-state index in [-0.39, 0.29) is 5.91 Å². The van der Waals surface area contributed by atoms with Crippen LogP contribution in [-0.4, -0.2) is 46.7 Å². The lowest BCUT2D eigenvalue weighted by Gasteiger charge is -2.26. The molecule has 0 unspecified atom stereocenters. The zero-order valence-corrected chi connectivity index (χ0v) is 9.34. The third-order valence-electron chi connectivity index (χ3n) is 2.73. The molecule has 0 saturated carbocycles. The summed E-state index contributed by atoms with van der Waals surface area (Å²) in [6.45, 7) is 3.68. The molecule has 0 spiro atoms. The molecule has 0 bridgehead atoms. The molecule has 1 aliphatic rings. The molecule has 1 aromatic rings. The normalized spacial score (nSPS) is 16.4. The number of hydrogen-bond acceptors (Lipinski definition) is 3. The van der Waals surface area contributed by atoms with E-state index in [1.807, 2.05) is 15.7 Å². The van der Waals surface area contributed by atoms with Crippen LogP contribution in [0.5, 0.6) is 0 Å². The molecule has 16 heavy (non-hydrogen) atoms. The van der Waals surface area contributed by atoms with Gasteiger partial charge in [-0.15, -0.1) is 0 Å². The van der Waals surface area contributed by atoms with Crippen molar-refractivity contribution >= 4 is 5.91 Å². The van der Waals surface area contributed by atoms with Gasteiger partial charge in [-0.1, -0.05) is 0 Å². The lowest BCUT2D eigenvalue weighted by molar-refractivity contribution is -0.135. The van der Waals surface area contributed by atoms with Crippen LogP contribution in [0.2, 0.25) is 0 Å². The van der Waals surface area contributed by atoms with Gasteiger partial charge in [0.15, 0.2) is 0 Å². The van der Waals surface area contributed by atoms with E-state index in [0.29, 0.717) is 19.6 Å². The Morgan fingerprint density at radius 3 is 2.88 bits per heavy atom. The molecular formula is C11H17N3O2. The predicted molar refractivity (Wildman–Crippen MR) is 58.9 cm³/mol. The molecule has 0 radical (unpaired) electrons. The maximum atomic E-state index is 11.8. The number of imidazole rings is 1. The SMILES string of the molecule is O=C(CCCn1ccnc1)N1CCOCC1. The van der Waals surface area contributed by atoms with Gasteiger partial charge in [-0.05, 0) is 6.42 Å².